The van der Waals surface area contributed by atoms with Crippen molar-refractivity contribution in [1.82, 2.24) is 10.3 Å². The van der Waals surface area contributed by atoms with E-state index in [2.05, 4.69) is 10.3 Å². The van der Waals surface area contributed by atoms with E-state index in [9.17, 15) is 9.90 Å². The van der Waals surface area contributed by atoms with Gasteiger partial charge in [0.1, 0.15) is 11.4 Å². The lowest BCUT2D eigenvalue weighted by atomic mass is 10.0. The summed E-state index contributed by atoms with van der Waals surface area (Å²) in [6.45, 7) is 1.58. The fourth-order valence-corrected chi connectivity index (χ4v) is 2.56. The molecule has 0 aliphatic rings. The molecule has 0 bridgehead atoms. The maximum absolute atomic E-state index is 12.5. The van der Waals surface area contributed by atoms with E-state index in [1.165, 1.54) is 6.26 Å². The topological polar surface area (TPSA) is 75.4 Å². The van der Waals surface area contributed by atoms with Crippen LogP contribution < -0.4 is 5.32 Å². The second-order valence-electron chi connectivity index (χ2n) is 5.43. The van der Waals surface area contributed by atoms with Crippen molar-refractivity contribution in [3.05, 3.63) is 65.2 Å². The summed E-state index contributed by atoms with van der Waals surface area (Å²) < 4.78 is 5.19. The van der Waals surface area contributed by atoms with Crippen molar-refractivity contribution in [3.63, 3.8) is 0 Å². The number of furan rings is 1. The molecule has 2 N–H and O–H groups in total. The zero-order valence-electron chi connectivity index (χ0n) is 12.4. The summed E-state index contributed by atoms with van der Waals surface area (Å²) in [7, 11) is 0. The highest BCUT2D eigenvalue weighted by molar-refractivity contribution is 6.36. The Bertz CT molecular complexity index is 844. The molecule has 2 aromatic heterocycles. The van der Waals surface area contributed by atoms with Crippen LogP contribution in [0.4, 0.5) is 0 Å². The molecule has 23 heavy (non-hydrogen) atoms. The van der Waals surface area contributed by atoms with Crippen LogP contribution in [0.1, 0.15) is 23.0 Å². The maximum Gasteiger partial charge on any atom is 0.253 e. The van der Waals surface area contributed by atoms with Gasteiger partial charge in [-0.15, -0.1) is 0 Å². The van der Waals surface area contributed by atoms with Crippen LogP contribution in [0.25, 0.3) is 10.9 Å². The predicted molar refractivity (Wildman–Crippen MR) is 87.4 cm³/mol. The number of carbonyl (C=O) groups is 1. The molecule has 6 heteroatoms. The third kappa shape index (κ3) is 3.06. The molecule has 0 saturated heterocycles. The SMILES string of the molecule is CC(O)(CNC(=O)c1ccc(Cl)c2cccnc12)c1ccco1. The lowest BCUT2D eigenvalue weighted by molar-refractivity contribution is 0.0330. The van der Waals surface area contributed by atoms with Crippen molar-refractivity contribution in [2.75, 3.05) is 6.54 Å². The molecule has 1 amide bonds. The number of benzene rings is 1. The number of aliphatic hydroxyl groups is 1. The second kappa shape index (κ2) is 6.02. The van der Waals surface area contributed by atoms with Gasteiger partial charge in [-0.05, 0) is 43.3 Å². The molecule has 118 valence electrons. The van der Waals surface area contributed by atoms with Gasteiger partial charge >= 0.3 is 0 Å². The van der Waals surface area contributed by atoms with E-state index in [1.54, 1.807) is 49.5 Å². The summed E-state index contributed by atoms with van der Waals surface area (Å²) in [5.74, 6) is 0.0501. The van der Waals surface area contributed by atoms with Gasteiger partial charge in [0.25, 0.3) is 5.91 Å². The van der Waals surface area contributed by atoms with E-state index >= 15 is 0 Å². The zero-order chi connectivity index (χ0) is 16.4. The molecule has 0 aliphatic carbocycles. The summed E-state index contributed by atoms with van der Waals surface area (Å²) in [5, 5.41) is 14.3. The number of halogens is 1. The van der Waals surface area contributed by atoms with Crippen LogP contribution in [0.15, 0.2) is 53.3 Å². The van der Waals surface area contributed by atoms with Crippen molar-refractivity contribution in [2.45, 2.75) is 12.5 Å². The molecule has 3 aromatic rings. The highest BCUT2D eigenvalue weighted by atomic mass is 35.5. The first-order valence-corrected chi connectivity index (χ1v) is 7.44. The number of hydrogen-bond donors (Lipinski definition) is 2. The van der Waals surface area contributed by atoms with Crippen LogP contribution in [0.3, 0.4) is 0 Å². The first-order chi connectivity index (χ1) is 11.0. The Labute approximate surface area is 137 Å². The Kier molecular flexibility index (Phi) is 4.07. The molecule has 0 radical (unpaired) electrons. The van der Waals surface area contributed by atoms with Crippen LogP contribution in [0.5, 0.6) is 0 Å². The molecular formula is C17H15ClN2O3. The van der Waals surface area contributed by atoms with Crippen molar-refractivity contribution in [3.8, 4) is 0 Å². The van der Waals surface area contributed by atoms with Gasteiger partial charge in [0, 0.05) is 11.6 Å². The van der Waals surface area contributed by atoms with E-state index in [-0.39, 0.29) is 12.5 Å². The molecule has 0 aliphatic heterocycles. The Morgan fingerprint density at radius 2 is 2.17 bits per heavy atom. The quantitative estimate of drug-likeness (QED) is 0.770. The van der Waals surface area contributed by atoms with E-state index < -0.39 is 5.60 Å². The Morgan fingerprint density at radius 1 is 1.35 bits per heavy atom. The number of pyridine rings is 1. The smallest absolute Gasteiger partial charge is 0.253 e. The minimum Gasteiger partial charge on any atom is -0.466 e. The number of rotatable bonds is 4. The number of fused-ring (bicyclic) bond motifs is 1. The number of nitrogens with one attached hydrogen (secondary N) is 1. The molecule has 0 fully saturated rings. The van der Waals surface area contributed by atoms with Gasteiger partial charge in [0.2, 0.25) is 0 Å². The van der Waals surface area contributed by atoms with Crippen LogP contribution in [-0.4, -0.2) is 22.5 Å². The third-order valence-electron chi connectivity index (χ3n) is 3.61. The molecule has 0 spiro atoms. The Hall–Kier alpha value is -2.37. The number of amides is 1. The van der Waals surface area contributed by atoms with Gasteiger partial charge in [0.15, 0.2) is 0 Å². The summed E-state index contributed by atoms with van der Waals surface area (Å²) in [5.41, 5.74) is -0.371. The van der Waals surface area contributed by atoms with Gasteiger partial charge in [-0.3, -0.25) is 9.78 Å². The Balaban J connectivity index is 1.83. The number of aromatic nitrogens is 1. The van der Waals surface area contributed by atoms with E-state index in [4.69, 9.17) is 16.0 Å². The highest BCUT2D eigenvalue weighted by Crippen LogP contribution is 2.25. The molecule has 1 atom stereocenters. The molecule has 2 heterocycles. The average Bonchev–Trinajstić information content (AvgIpc) is 3.09. The van der Waals surface area contributed by atoms with Crippen LogP contribution in [0.2, 0.25) is 5.02 Å². The summed E-state index contributed by atoms with van der Waals surface area (Å²) in [6, 6.07) is 10.2. The van der Waals surface area contributed by atoms with E-state index in [0.717, 1.165) is 0 Å². The monoisotopic (exact) mass is 330 g/mol. The lowest BCUT2D eigenvalue weighted by Crippen LogP contribution is -2.38. The fourth-order valence-electron chi connectivity index (χ4n) is 2.34. The third-order valence-corrected chi connectivity index (χ3v) is 3.94. The van der Waals surface area contributed by atoms with E-state index in [1.807, 2.05) is 0 Å². The predicted octanol–water partition coefficient (Wildman–Crippen LogP) is 3.12. The van der Waals surface area contributed by atoms with Crippen molar-refractivity contribution in [1.29, 1.82) is 0 Å². The first-order valence-electron chi connectivity index (χ1n) is 7.07. The van der Waals surface area contributed by atoms with E-state index in [0.29, 0.717) is 27.2 Å². The zero-order valence-corrected chi connectivity index (χ0v) is 13.2. The van der Waals surface area contributed by atoms with Crippen molar-refractivity contribution < 1.29 is 14.3 Å². The van der Waals surface area contributed by atoms with Gasteiger partial charge in [0.05, 0.1) is 28.9 Å². The first kappa shape index (κ1) is 15.5. The minimum atomic E-state index is -1.30. The highest BCUT2D eigenvalue weighted by Gasteiger charge is 2.27. The number of nitrogens with zero attached hydrogens (tertiary/aromatic N) is 1. The second-order valence-corrected chi connectivity index (χ2v) is 5.84. The lowest BCUT2D eigenvalue weighted by Gasteiger charge is -2.21. The van der Waals surface area contributed by atoms with Gasteiger partial charge in [-0.25, -0.2) is 0 Å². The van der Waals surface area contributed by atoms with Crippen molar-refractivity contribution in [2.24, 2.45) is 0 Å². The average molecular weight is 331 g/mol. The normalized spacial score (nSPS) is 13.7. The van der Waals surface area contributed by atoms with Crippen LogP contribution in [-0.2, 0) is 5.60 Å². The number of carbonyl (C=O) groups excluding carboxylic acids is 1. The summed E-state index contributed by atoms with van der Waals surface area (Å²) in [4.78, 5) is 16.7. The van der Waals surface area contributed by atoms with Gasteiger partial charge < -0.3 is 14.8 Å². The molecule has 5 nitrogen and oxygen atoms in total. The van der Waals surface area contributed by atoms with Crippen molar-refractivity contribution >= 4 is 28.4 Å². The number of hydrogen-bond acceptors (Lipinski definition) is 4. The molecule has 3 rings (SSSR count). The molecular weight excluding hydrogens is 316 g/mol. The molecule has 1 aromatic carbocycles. The minimum absolute atomic E-state index is 0.0102. The fraction of sp³-hybridized carbons (Fsp3) is 0.176. The molecule has 0 saturated carbocycles. The summed E-state index contributed by atoms with van der Waals surface area (Å²) >= 11 is 6.13. The standard InChI is InChI=1S/C17H15ClN2O3/c1-17(22,14-5-3-9-23-14)10-20-16(21)12-6-7-13(18)11-4-2-8-19-15(11)12/h2-9,22H,10H2,1H3,(H,20,21). The van der Waals surface area contributed by atoms with Gasteiger partial charge in [-0.2, -0.15) is 0 Å². The Morgan fingerprint density at radius 3 is 2.91 bits per heavy atom. The largest absolute Gasteiger partial charge is 0.466 e. The maximum atomic E-state index is 12.5. The summed E-state index contributed by atoms with van der Waals surface area (Å²) in [6.07, 6.45) is 3.08. The van der Waals surface area contributed by atoms with Gasteiger partial charge in [-0.1, -0.05) is 11.6 Å². The van der Waals surface area contributed by atoms with Crippen LogP contribution >= 0.6 is 11.6 Å². The van der Waals surface area contributed by atoms with Crippen LogP contribution in [0, 0.1) is 0 Å². The molecule has 1 unspecified atom stereocenters.